The molecule has 0 bridgehead atoms. The molecule has 3 aromatic rings. The molecule has 13 nitrogen and oxygen atoms in total. The number of benzene rings is 3. The number of hydrogen-bond acceptors (Lipinski definition) is 10. The van der Waals surface area contributed by atoms with Crippen LogP contribution in [-0.2, 0) is 31.8 Å². The zero-order chi connectivity index (χ0) is 41.9. The van der Waals surface area contributed by atoms with E-state index >= 15 is 0 Å². The third kappa shape index (κ3) is 8.94. The molecular formula is C41H51F3N8O5S. The van der Waals surface area contributed by atoms with E-state index in [1.807, 2.05) is 26.0 Å². The lowest BCUT2D eigenvalue weighted by Crippen LogP contribution is -2.53. The summed E-state index contributed by atoms with van der Waals surface area (Å²) < 4.78 is 47.5. The molecule has 17 heteroatoms. The first-order chi connectivity index (χ1) is 27.5. The van der Waals surface area contributed by atoms with E-state index in [0.717, 1.165) is 35.7 Å². The van der Waals surface area contributed by atoms with E-state index in [1.165, 1.54) is 6.07 Å². The highest BCUT2D eigenvalue weighted by Gasteiger charge is 2.51. The lowest BCUT2D eigenvalue weighted by Gasteiger charge is -2.37. The van der Waals surface area contributed by atoms with Gasteiger partial charge in [0, 0.05) is 60.5 Å². The molecule has 3 saturated heterocycles. The number of nitriles is 1. The van der Waals surface area contributed by atoms with Gasteiger partial charge in [-0.1, -0.05) is 13.0 Å². The van der Waals surface area contributed by atoms with Gasteiger partial charge >= 0.3 is 6.18 Å². The average molecular weight is 825 g/mol. The van der Waals surface area contributed by atoms with Crippen LogP contribution in [0.25, 0.3) is 0 Å². The van der Waals surface area contributed by atoms with Gasteiger partial charge in [0.25, 0.3) is 5.91 Å². The molecule has 312 valence electrons. The van der Waals surface area contributed by atoms with Crippen LogP contribution in [-0.4, -0.2) is 95.5 Å². The maximum atomic E-state index is 13.8. The Kier molecular flexibility index (Phi) is 12.4. The first kappa shape index (κ1) is 42.0. The fraction of sp³-hybridized carbons (Fsp3) is 0.415. The van der Waals surface area contributed by atoms with Gasteiger partial charge in [-0.25, -0.2) is 0 Å². The van der Waals surface area contributed by atoms with Crippen molar-refractivity contribution in [3.05, 3.63) is 77.4 Å². The summed E-state index contributed by atoms with van der Waals surface area (Å²) in [5, 5.41) is 17.7. The number of aryl methyl sites for hydroxylation is 1. The van der Waals surface area contributed by atoms with E-state index in [0.29, 0.717) is 61.9 Å². The Balaban J connectivity index is 0.00000331. The van der Waals surface area contributed by atoms with Crippen LogP contribution in [0.4, 0.5) is 35.9 Å². The molecule has 0 aliphatic carbocycles. The largest absolute Gasteiger partial charge is 0.492 e. The Bertz CT molecular complexity index is 2170. The smallest absolute Gasteiger partial charge is 0.417 e. The molecule has 1 unspecified atom stereocenters. The first-order valence-electron chi connectivity index (χ1n) is 19.0. The molecule has 6 rings (SSSR count). The number of piperazine rings is 1. The minimum atomic E-state index is -4.80. The second-order valence-corrected chi connectivity index (χ2v) is 15.3. The number of carbonyl (C=O) groups excluding carboxylic acids is 4. The summed E-state index contributed by atoms with van der Waals surface area (Å²) in [7, 11) is 0. The van der Waals surface area contributed by atoms with Crippen molar-refractivity contribution in [1.82, 2.24) is 15.1 Å². The lowest BCUT2D eigenvalue weighted by atomic mass is 10.0. The van der Waals surface area contributed by atoms with E-state index in [1.54, 1.807) is 55.1 Å². The maximum Gasteiger partial charge on any atom is 0.417 e. The number of ether oxygens (including phenoxy) is 1. The highest BCUT2D eigenvalue weighted by Crippen LogP contribution is 2.40. The highest BCUT2D eigenvalue weighted by atomic mass is 32.1. The average Bonchev–Trinajstić information content (AvgIpc) is 3.37. The fourth-order valence-corrected chi connectivity index (χ4v) is 7.89. The first-order valence-corrected chi connectivity index (χ1v) is 19.5. The monoisotopic (exact) mass is 824 g/mol. The number of anilines is 4. The second-order valence-electron chi connectivity index (χ2n) is 14.9. The number of nitrogens with one attached hydrogen (secondary N) is 3. The van der Waals surface area contributed by atoms with E-state index in [2.05, 4.69) is 25.8 Å². The SMILES string of the molecule is CCc1cc(N2C(=S)N(c3ccc(C#N)c(C(F)(F)F)c3)C(=O)C2(C)C)ccc1OCCN1CCN([C@H](C)C(=O)Nc2cccc(NC3CCC(=O)NC3=O)c2)CC1.[HH].[HH].[HH]. The number of carbonyl (C=O) groups is 4. The minimum Gasteiger partial charge on any atom is -0.492 e. The van der Waals surface area contributed by atoms with Gasteiger partial charge < -0.3 is 20.3 Å². The molecule has 0 saturated carbocycles. The molecule has 3 aliphatic rings. The molecule has 3 aliphatic heterocycles. The van der Waals surface area contributed by atoms with E-state index in [4.69, 9.17) is 17.0 Å². The number of amides is 4. The van der Waals surface area contributed by atoms with Crippen LogP contribution in [0.3, 0.4) is 0 Å². The van der Waals surface area contributed by atoms with Gasteiger partial charge in [0.2, 0.25) is 17.7 Å². The zero-order valence-corrected chi connectivity index (χ0v) is 33.4. The zero-order valence-electron chi connectivity index (χ0n) is 32.6. The lowest BCUT2D eigenvalue weighted by molar-refractivity contribution is -0.138. The summed E-state index contributed by atoms with van der Waals surface area (Å²) in [6, 6.07) is 16.3. The summed E-state index contributed by atoms with van der Waals surface area (Å²) in [6.45, 7) is 11.1. The molecule has 3 N–H and O–H groups in total. The molecule has 2 atom stereocenters. The number of alkyl halides is 3. The van der Waals surface area contributed by atoms with Gasteiger partial charge in [0.1, 0.15) is 23.9 Å². The van der Waals surface area contributed by atoms with Crippen molar-refractivity contribution in [1.29, 1.82) is 5.26 Å². The number of thiocarbonyl (C=S) groups is 1. The third-order valence-electron chi connectivity index (χ3n) is 10.7. The van der Waals surface area contributed by atoms with E-state index < -0.39 is 34.8 Å². The molecular weight excluding hydrogens is 774 g/mol. The quantitative estimate of drug-likeness (QED) is 0.145. The number of rotatable bonds is 12. The van der Waals surface area contributed by atoms with Crippen molar-refractivity contribution in [2.75, 3.05) is 59.8 Å². The van der Waals surface area contributed by atoms with Crippen LogP contribution < -0.4 is 30.5 Å². The van der Waals surface area contributed by atoms with Crippen LogP contribution in [0.5, 0.6) is 5.75 Å². The summed E-state index contributed by atoms with van der Waals surface area (Å²) in [4.78, 5) is 57.6. The summed E-state index contributed by atoms with van der Waals surface area (Å²) >= 11 is 5.71. The van der Waals surface area contributed by atoms with Gasteiger partial charge in [-0.2, -0.15) is 18.4 Å². The Hall–Kier alpha value is -5.57. The number of imide groups is 1. The van der Waals surface area contributed by atoms with E-state index in [9.17, 15) is 37.6 Å². The second kappa shape index (κ2) is 17.1. The molecule has 0 aromatic heterocycles. The third-order valence-corrected chi connectivity index (χ3v) is 11.1. The Morgan fingerprint density at radius 1 is 1.05 bits per heavy atom. The summed E-state index contributed by atoms with van der Waals surface area (Å²) in [5.74, 6) is -0.639. The number of hydrogen-bond donors (Lipinski definition) is 3. The van der Waals surface area contributed by atoms with Gasteiger partial charge in [0.05, 0.1) is 28.9 Å². The topological polar surface area (TPSA) is 150 Å². The van der Waals surface area contributed by atoms with Crippen molar-refractivity contribution < 1.29 is 41.4 Å². The van der Waals surface area contributed by atoms with Crippen LogP contribution in [0.1, 0.15) is 61.5 Å². The van der Waals surface area contributed by atoms with Gasteiger partial charge in [-0.05, 0) is 106 Å². The molecule has 0 radical (unpaired) electrons. The van der Waals surface area contributed by atoms with Crippen LogP contribution in [0.2, 0.25) is 0 Å². The summed E-state index contributed by atoms with van der Waals surface area (Å²) in [5.41, 5.74) is -0.279. The van der Waals surface area contributed by atoms with Crippen LogP contribution >= 0.6 is 12.2 Å². The molecule has 3 aromatic carbocycles. The molecule has 3 fully saturated rings. The summed E-state index contributed by atoms with van der Waals surface area (Å²) in [6.07, 6.45) is -3.54. The molecule has 3 heterocycles. The molecule has 58 heavy (non-hydrogen) atoms. The van der Waals surface area contributed by atoms with Crippen molar-refractivity contribution in [3.8, 4) is 11.8 Å². The van der Waals surface area contributed by atoms with Crippen molar-refractivity contribution in [2.45, 2.75) is 70.8 Å². The van der Waals surface area contributed by atoms with Crippen LogP contribution in [0.15, 0.2) is 60.7 Å². The number of halogens is 3. The predicted molar refractivity (Wildman–Crippen MR) is 223 cm³/mol. The van der Waals surface area contributed by atoms with Gasteiger partial charge in [-0.15, -0.1) is 0 Å². The van der Waals surface area contributed by atoms with Gasteiger partial charge in [0.15, 0.2) is 5.11 Å². The fourth-order valence-electron chi connectivity index (χ4n) is 7.37. The Morgan fingerprint density at radius 2 is 1.76 bits per heavy atom. The van der Waals surface area contributed by atoms with Gasteiger partial charge in [-0.3, -0.25) is 39.2 Å². The van der Waals surface area contributed by atoms with Crippen molar-refractivity contribution in [2.24, 2.45) is 0 Å². The highest BCUT2D eigenvalue weighted by molar-refractivity contribution is 7.81. The van der Waals surface area contributed by atoms with E-state index in [-0.39, 0.29) is 45.3 Å². The molecule has 0 spiro atoms. The Labute approximate surface area is 344 Å². The maximum absolute atomic E-state index is 13.8. The Morgan fingerprint density at radius 3 is 2.43 bits per heavy atom. The number of nitrogens with zero attached hydrogens (tertiary/aromatic N) is 5. The predicted octanol–water partition coefficient (Wildman–Crippen LogP) is 6.03. The van der Waals surface area contributed by atoms with Crippen molar-refractivity contribution in [3.63, 3.8) is 0 Å². The minimum absolute atomic E-state index is 0. The van der Waals surface area contributed by atoms with Crippen molar-refractivity contribution >= 4 is 63.7 Å². The number of piperidine rings is 1. The normalized spacial score (nSPS) is 19.4. The molecule has 4 amide bonds. The van der Waals surface area contributed by atoms with Crippen LogP contribution in [0, 0.1) is 11.3 Å². The standard InChI is InChI=1S/C41H45F3N8O5S.3H2/c1-5-26-21-31(52-39(58)51(38(56)40(52,3)4)30-10-9-27(24-45)32(23-30)41(42,43)44)11-13-34(26)57-20-19-49-15-17-50(18-16-49)25(2)36(54)47-29-8-6-7-28(22-29)46-33-12-14-35(53)48-37(33)55;;;/h6-11,13,21-23,25,33,46H,5,12,14-20H2,1-4H3,(H,47,54)(H,48,53,55);3*1H/t25-,33?;;;/m1.../s1.